The summed E-state index contributed by atoms with van der Waals surface area (Å²) in [5.41, 5.74) is 1.56. The number of nitrogens with zero attached hydrogens (tertiary/aromatic N) is 1. The second-order valence-electron chi connectivity index (χ2n) is 5.76. The molecule has 0 radical (unpaired) electrons. The first-order valence-corrected chi connectivity index (χ1v) is 9.00. The summed E-state index contributed by atoms with van der Waals surface area (Å²) in [5.74, 6) is -0.428. The SMILES string of the molecule is O=C(OCc1ccccc1)[C@@H]1CCCN1C(=O)c1cccc(I)c1. The number of hydrogen-bond acceptors (Lipinski definition) is 3. The van der Waals surface area contributed by atoms with Gasteiger partial charge in [0.15, 0.2) is 0 Å². The normalized spacial score (nSPS) is 16.9. The minimum absolute atomic E-state index is 0.104. The summed E-state index contributed by atoms with van der Waals surface area (Å²) in [6.07, 6.45) is 1.48. The van der Waals surface area contributed by atoms with E-state index in [1.165, 1.54) is 0 Å². The molecule has 2 aromatic rings. The van der Waals surface area contributed by atoms with E-state index in [0.717, 1.165) is 15.6 Å². The Bertz CT molecular complexity index is 732. The van der Waals surface area contributed by atoms with Gasteiger partial charge in [-0.05, 0) is 59.2 Å². The summed E-state index contributed by atoms with van der Waals surface area (Å²) in [7, 11) is 0. The molecule has 1 saturated heterocycles. The van der Waals surface area contributed by atoms with E-state index < -0.39 is 6.04 Å². The zero-order valence-electron chi connectivity index (χ0n) is 13.2. The Hall–Kier alpha value is -1.89. The lowest BCUT2D eigenvalue weighted by Gasteiger charge is -2.23. The lowest BCUT2D eigenvalue weighted by atomic mass is 10.1. The third-order valence-electron chi connectivity index (χ3n) is 4.08. The van der Waals surface area contributed by atoms with Crippen LogP contribution in [-0.2, 0) is 16.1 Å². The summed E-state index contributed by atoms with van der Waals surface area (Å²) >= 11 is 2.18. The van der Waals surface area contributed by atoms with Gasteiger partial charge in [0.05, 0.1) is 0 Å². The molecule has 0 saturated carbocycles. The van der Waals surface area contributed by atoms with Crippen LogP contribution in [-0.4, -0.2) is 29.4 Å². The molecule has 3 rings (SSSR count). The molecule has 124 valence electrons. The van der Waals surface area contributed by atoms with Crippen molar-refractivity contribution in [2.75, 3.05) is 6.54 Å². The first-order chi connectivity index (χ1) is 11.6. The minimum Gasteiger partial charge on any atom is -0.459 e. The van der Waals surface area contributed by atoms with Crippen LogP contribution >= 0.6 is 22.6 Å². The molecule has 4 nitrogen and oxygen atoms in total. The van der Waals surface area contributed by atoms with E-state index in [4.69, 9.17) is 4.74 Å². The number of benzene rings is 2. The molecule has 1 fully saturated rings. The molecule has 2 aromatic carbocycles. The van der Waals surface area contributed by atoms with Crippen molar-refractivity contribution in [2.45, 2.75) is 25.5 Å². The molecule has 0 aliphatic carbocycles. The first kappa shape index (κ1) is 17.0. The second kappa shape index (κ2) is 7.79. The van der Waals surface area contributed by atoms with E-state index in [1.54, 1.807) is 11.0 Å². The monoisotopic (exact) mass is 435 g/mol. The van der Waals surface area contributed by atoms with Crippen molar-refractivity contribution in [2.24, 2.45) is 0 Å². The molecule has 0 unspecified atom stereocenters. The van der Waals surface area contributed by atoms with Gasteiger partial charge in [-0.2, -0.15) is 0 Å². The molecule has 1 amide bonds. The number of esters is 1. The number of carbonyl (C=O) groups is 2. The van der Waals surface area contributed by atoms with Gasteiger partial charge in [-0.1, -0.05) is 36.4 Å². The molecule has 24 heavy (non-hydrogen) atoms. The van der Waals surface area contributed by atoms with Crippen LogP contribution in [0.2, 0.25) is 0 Å². The van der Waals surface area contributed by atoms with Gasteiger partial charge in [0.2, 0.25) is 0 Å². The van der Waals surface area contributed by atoms with Crippen molar-refractivity contribution in [3.05, 3.63) is 69.3 Å². The highest BCUT2D eigenvalue weighted by Crippen LogP contribution is 2.22. The molecule has 5 heteroatoms. The number of hydrogen-bond donors (Lipinski definition) is 0. The third kappa shape index (κ3) is 3.95. The smallest absolute Gasteiger partial charge is 0.329 e. The standard InChI is InChI=1S/C19H18INO3/c20-16-9-4-8-15(12-16)18(22)21-11-5-10-17(21)19(23)24-13-14-6-2-1-3-7-14/h1-4,6-9,12,17H,5,10-11,13H2/t17-/m0/s1. The lowest BCUT2D eigenvalue weighted by Crippen LogP contribution is -2.41. The Labute approximate surface area is 154 Å². The van der Waals surface area contributed by atoms with E-state index in [2.05, 4.69) is 22.6 Å². The van der Waals surface area contributed by atoms with E-state index in [0.29, 0.717) is 18.5 Å². The number of rotatable bonds is 4. The maximum absolute atomic E-state index is 12.7. The second-order valence-corrected chi connectivity index (χ2v) is 7.01. The fraction of sp³-hybridized carbons (Fsp3) is 0.263. The average Bonchev–Trinajstić information content (AvgIpc) is 3.09. The molecule has 1 aliphatic rings. The fourth-order valence-corrected chi connectivity index (χ4v) is 3.41. The highest BCUT2D eigenvalue weighted by Gasteiger charge is 2.35. The molecule has 1 aliphatic heterocycles. The summed E-state index contributed by atoms with van der Waals surface area (Å²) in [6, 6.07) is 16.5. The van der Waals surface area contributed by atoms with Crippen LogP contribution in [0.4, 0.5) is 0 Å². The molecule has 1 heterocycles. The highest BCUT2D eigenvalue weighted by molar-refractivity contribution is 14.1. The predicted octanol–water partition coefficient (Wildman–Crippen LogP) is 3.64. The van der Waals surface area contributed by atoms with Crippen molar-refractivity contribution in [3.63, 3.8) is 0 Å². The molecule has 0 spiro atoms. The van der Waals surface area contributed by atoms with Crippen molar-refractivity contribution in [1.82, 2.24) is 4.90 Å². The average molecular weight is 435 g/mol. The van der Waals surface area contributed by atoms with Gasteiger partial charge in [-0.3, -0.25) is 4.79 Å². The minimum atomic E-state index is -0.487. The first-order valence-electron chi connectivity index (χ1n) is 7.92. The number of ether oxygens (including phenoxy) is 1. The van der Waals surface area contributed by atoms with Crippen LogP contribution in [0.1, 0.15) is 28.8 Å². The maximum atomic E-state index is 12.7. The van der Waals surface area contributed by atoms with Crippen LogP contribution in [0, 0.1) is 3.57 Å². The van der Waals surface area contributed by atoms with E-state index in [-0.39, 0.29) is 18.5 Å². The van der Waals surface area contributed by atoms with Crippen molar-refractivity contribution >= 4 is 34.5 Å². The van der Waals surface area contributed by atoms with E-state index in [1.807, 2.05) is 48.5 Å². The highest BCUT2D eigenvalue weighted by atomic mass is 127. The van der Waals surface area contributed by atoms with Gasteiger partial charge in [0, 0.05) is 15.7 Å². The van der Waals surface area contributed by atoms with Crippen molar-refractivity contribution in [3.8, 4) is 0 Å². The Morgan fingerprint density at radius 1 is 1.12 bits per heavy atom. The van der Waals surface area contributed by atoms with Gasteiger partial charge in [-0.15, -0.1) is 0 Å². The zero-order chi connectivity index (χ0) is 16.9. The quantitative estimate of drug-likeness (QED) is 0.545. The summed E-state index contributed by atoms with van der Waals surface area (Å²) in [6.45, 7) is 0.830. The van der Waals surface area contributed by atoms with Crippen LogP contribution in [0.25, 0.3) is 0 Å². The number of halogens is 1. The zero-order valence-corrected chi connectivity index (χ0v) is 15.3. The van der Waals surface area contributed by atoms with Crippen LogP contribution in [0.3, 0.4) is 0 Å². The topological polar surface area (TPSA) is 46.6 Å². The number of amides is 1. The molecule has 0 aromatic heterocycles. The van der Waals surface area contributed by atoms with Gasteiger partial charge in [-0.25, -0.2) is 4.79 Å². The predicted molar refractivity (Wildman–Crippen MR) is 99.5 cm³/mol. The third-order valence-corrected chi connectivity index (χ3v) is 4.75. The van der Waals surface area contributed by atoms with E-state index in [9.17, 15) is 9.59 Å². The Balaban J connectivity index is 1.66. The number of likely N-dealkylation sites (tertiary alicyclic amines) is 1. The van der Waals surface area contributed by atoms with Crippen molar-refractivity contribution < 1.29 is 14.3 Å². The fourth-order valence-electron chi connectivity index (χ4n) is 2.87. The van der Waals surface area contributed by atoms with Crippen molar-refractivity contribution in [1.29, 1.82) is 0 Å². The maximum Gasteiger partial charge on any atom is 0.329 e. The summed E-state index contributed by atoms with van der Waals surface area (Å²) in [4.78, 5) is 26.8. The van der Waals surface area contributed by atoms with Gasteiger partial charge >= 0.3 is 5.97 Å². The van der Waals surface area contributed by atoms with Crippen LogP contribution < -0.4 is 0 Å². The van der Waals surface area contributed by atoms with Crippen LogP contribution in [0.15, 0.2) is 54.6 Å². The Morgan fingerprint density at radius 3 is 2.67 bits per heavy atom. The Kier molecular flexibility index (Phi) is 5.50. The van der Waals surface area contributed by atoms with Gasteiger partial charge < -0.3 is 9.64 Å². The molecule has 0 N–H and O–H groups in total. The van der Waals surface area contributed by atoms with Gasteiger partial charge in [0.1, 0.15) is 12.6 Å². The molecule has 0 bridgehead atoms. The largest absolute Gasteiger partial charge is 0.459 e. The summed E-state index contributed by atoms with van der Waals surface area (Å²) in [5, 5.41) is 0. The van der Waals surface area contributed by atoms with Gasteiger partial charge in [0.25, 0.3) is 5.91 Å². The Morgan fingerprint density at radius 2 is 1.92 bits per heavy atom. The lowest BCUT2D eigenvalue weighted by molar-refractivity contribution is -0.149. The number of carbonyl (C=O) groups excluding carboxylic acids is 2. The molecular formula is C19H18INO3. The molecular weight excluding hydrogens is 417 g/mol. The van der Waals surface area contributed by atoms with Crippen LogP contribution in [0.5, 0.6) is 0 Å². The molecule has 1 atom stereocenters. The summed E-state index contributed by atoms with van der Waals surface area (Å²) < 4.78 is 6.42. The van der Waals surface area contributed by atoms with E-state index >= 15 is 0 Å².